The van der Waals surface area contributed by atoms with Crippen LogP contribution in [0.1, 0.15) is 5.56 Å². The van der Waals surface area contributed by atoms with Crippen LogP contribution in [0.2, 0.25) is 5.02 Å². The summed E-state index contributed by atoms with van der Waals surface area (Å²) < 4.78 is 11.1. The molecule has 114 valence electrons. The van der Waals surface area contributed by atoms with Gasteiger partial charge in [-0.2, -0.15) is 0 Å². The molecule has 2 aromatic rings. The van der Waals surface area contributed by atoms with Crippen LogP contribution in [-0.4, -0.2) is 25.7 Å². The van der Waals surface area contributed by atoms with E-state index < -0.39 is 0 Å². The first-order valence-electron chi connectivity index (χ1n) is 7.06. The number of rotatable bonds is 3. The molecule has 1 amide bonds. The standard InChI is InChI=1S/C17H16ClNO3/c1-12-3-2-4-14(9-12)22-11-17(20)19-7-8-21-16-6-5-13(18)10-15(16)19/h2-6,9-10H,7-8,11H2,1H3. The van der Waals surface area contributed by atoms with Crippen molar-refractivity contribution in [3.63, 3.8) is 0 Å². The molecule has 2 aromatic carbocycles. The summed E-state index contributed by atoms with van der Waals surface area (Å²) in [6.45, 7) is 2.92. The Kier molecular flexibility index (Phi) is 4.20. The van der Waals surface area contributed by atoms with Crippen LogP contribution in [0.3, 0.4) is 0 Å². The predicted molar refractivity (Wildman–Crippen MR) is 86.0 cm³/mol. The highest BCUT2D eigenvalue weighted by atomic mass is 35.5. The van der Waals surface area contributed by atoms with E-state index >= 15 is 0 Å². The van der Waals surface area contributed by atoms with Crippen LogP contribution >= 0.6 is 11.6 Å². The molecule has 1 heterocycles. The van der Waals surface area contributed by atoms with E-state index in [-0.39, 0.29) is 12.5 Å². The van der Waals surface area contributed by atoms with Gasteiger partial charge in [0.05, 0.1) is 12.2 Å². The lowest BCUT2D eigenvalue weighted by Crippen LogP contribution is -2.40. The molecule has 0 aliphatic carbocycles. The Morgan fingerprint density at radius 3 is 3.00 bits per heavy atom. The number of amides is 1. The third-order valence-corrected chi connectivity index (χ3v) is 3.67. The number of halogens is 1. The van der Waals surface area contributed by atoms with Crippen LogP contribution in [0.25, 0.3) is 0 Å². The fourth-order valence-electron chi connectivity index (χ4n) is 2.38. The van der Waals surface area contributed by atoms with E-state index in [0.29, 0.717) is 35.4 Å². The normalized spacial score (nSPS) is 13.3. The van der Waals surface area contributed by atoms with Gasteiger partial charge in [-0.05, 0) is 42.8 Å². The summed E-state index contributed by atoms with van der Waals surface area (Å²) >= 11 is 6.01. The largest absolute Gasteiger partial charge is 0.490 e. The van der Waals surface area contributed by atoms with Gasteiger partial charge in [0.2, 0.25) is 0 Å². The Labute approximate surface area is 134 Å². The second kappa shape index (κ2) is 6.28. The number of nitrogens with zero attached hydrogens (tertiary/aromatic N) is 1. The van der Waals surface area contributed by atoms with Gasteiger partial charge in [0.1, 0.15) is 18.1 Å². The fourth-order valence-corrected chi connectivity index (χ4v) is 2.54. The molecule has 0 N–H and O–H groups in total. The van der Waals surface area contributed by atoms with Crippen LogP contribution in [0, 0.1) is 6.92 Å². The number of carbonyl (C=O) groups is 1. The van der Waals surface area contributed by atoms with E-state index in [2.05, 4.69) is 0 Å². The van der Waals surface area contributed by atoms with Crippen molar-refractivity contribution in [3.05, 3.63) is 53.1 Å². The van der Waals surface area contributed by atoms with Crippen LogP contribution in [0.4, 0.5) is 5.69 Å². The number of ether oxygens (including phenoxy) is 2. The van der Waals surface area contributed by atoms with E-state index in [1.54, 1.807) is 23.1 Å². The zero-order valence-corrected chi connectivity index (χ0v) is 13.0. The highest BCUT2D eigenvalue weighted by Gasteiger charge is 2.24. The quantitative estimate of drug-likeness (QED) is 0.870. The smallest absolute Gasteiger partial charge is 0.265 e. The molecular formula is C17H16ClNO3. The third kappa shape index (κ3) is 3.17. The number of anilines is 1. The predicted octanol–water partition coefficient (Wildman–Crippen LogP) is 3.45. The Morgan fingerprint density at radius 2 is 2.18 bits per heavy atom. The minimum Gasteiger partial charge on any atom is -0.490 e. The van der Waals surface area contributed by atoms with Crippen molar-refractivity contribution in [2.24, 2.45) is 0 Å². The molecule has 0 bridgehead atoms. The maximum absolute atomic E-state index is 12.4. The molecule has 4 nitrogen and oxygen atoms in total. The summed E-state index contributed by atoms with van der Waals surface area (Å²) in [4.78, 5) is 14.1. The SMILES string of the molecule is Cc1cccc(OCC(=O)N2CCOc3ccc(Cl)cc32)c1. The average Bonchev–Trinajstić information content (AvgIpc) is 2.52. The molecule has 0 fully saturated rings. The van der Waals surface area contributed by atoms with E-state index in [4.69, 9.17) is 21.1 Å². The van der Waals surface area contributed by atoms with Gasteiger partial charge >= 0.3 is 0 Å². The fraction of sp³-hybridized carbons (Fsp3) is 0.235. The molecule has 3 rings (SSSR count). The van der Waals surface area contributed by atoms with Crippen molar-refractivity contribution in [2.45, 2.75) is 6.92 Å². The number of hydrogen-bond acceptors (Lipinski definition) is 3. The molecule has 0 aromatic heterocycles. The zero-order valence-electron chi connectivity index (χ0n) is 12.2. The van der Waals surface area contributed by atoms with Crippen molar-refractivity contribution in [1.82, 2.24) is 0 Å². The second-order valence-electron chi connectivity index (χ2n) is 5.11. The number of benzene rings is 2. The van der Waals surface area contributed by atoms with Gasteiger partial charge in [-0.1, -0.05) is 23.7 Å². The molecule has 0 unspecified atom stereocenters. The lowest BCUT2D eigenvalue weighted by Gasteiger charge is -2.29. The minimum atomic E-state index is -0.117. The highest BCUT2D eigenvalue weighted by molar-refractivity contribution is 6.31. The topological polar surface area (TPSA) is 38.8 Å². The molecule has 1 aliphatic rings. The first-order chi connectivity index (χ1) is 10.6. The molecule has 1 aliphatic heterocycles. The third-order valence-electron chi connectivity index (χ3n) is 3.44. The molecule has 0 spiro atoms. The molecule has 0 radical (unpaired) electrons. The van der Waals surface area contributed by atoms with Gasteiger partial charge in [0.25, 0.3) is 5.91 Å². The van der Waals surface area contributed by atoms with E-state index in [1.807, 2.05) is 31.2 Å². The van der Waals surface area contributed by atoms with Gasteiger partial charge in [0.15, 0.2) is 6.61 Å². The van der Waals surface area contributed by atoms with E-state index in [1.165, 1.54) is 0 Å². The minimum absolute atomic E-state index is 0.0184. The first-order valence-corrected chi connectivity index (χ1v) is 7.43. The van der Waals surface area contributed by atoms with Crippen LogP contribution < -0.4 is 14.4 Å². The molecule has 0 saturated heterocycles. The maximum Gasteiger partial charge on any atom is 0.265 e. The van der Waals surface area contributed by atoms with Gasteiger partial charge in [0, 0.05) is 5.02 Å². The monoisotopic (exact) mass is 317 g/mol. The van der Waals surface area contributed by atoms with Gasteiger partial charge in [-0.3, -0.25) is 4.79 Å². The number of carbonyl (C=O) groups excluding carboxylic acids is 1. The number of hydrogen-bond donors (Lipinski definition) is 0. The molecule has 22 heavy (non-hydrogen) atoms. The van der Waals surface area contributed by atoms with Gasteiger partial charge in [-0.15, -0.1) is 0 Å². The summed E-state index contributed by atoms with van der Waals surface area (Å²) in [5, 5.41) is 0.571. The summed E-state index contributed by atoms with van der Waals surface area (Å²) in [6, 6.07) is 12.9. The molecule has 0 atom stereocenters. The van der Waals surface area contributed by atoms with Crippen LogP contribution in [0.15, 0.2) is 42.5 Å². The summed E-state index contributed by atoms with van der Waals surface area (Å²) in [5.41, 5.74) is 1.78. The van der Waals surface area contributed by atoms with Crippen molar-refractivity contribution in [1.29, 1.82) is 0 Å². The van der Waals surface area contributed by atoms with Crippen LogP contribution in [0.5, 0.6) is 11.5 Å². The Morgan fingerprint density at radius 1 is 1.32 bits per heavy atom. The van der Waals surface area contributed by atoms with Crippen molar-refractivity contribution in [3.8, 4) is 11.5 Å². The van der Waals surface area contributed by atoms with Crippen molar-refractivity contribution < 1.29 is 14.3 Å². The average molecular weight is 318 g/mol. The lowest BCUT2D eigenvalue weighted by molar-refractivity contribution is -0.120. The maximum atomic E-state index is 12.4. The number of aryl methyl sites for hydroxylation is 1. The van der Waals surface area contributed by atoms with Crippen molar-refractivity contribution in [2.75, 3.05) is 24.7 Å². The number of fused-ring (bicyclic) bond motifs is 1. The Hall–Kier alpha value is -2.20. The van der Waals surface area contributed by atoms with Crippen molar-refractivity contribution >= 4 is 23.2 Å². The Balaban J connectivity index is 1.72. The highest BCUT2D eigenvalue weighted by Crippen LogP contribution is 2.34. The van der Waals surface area contributed by atoms with Crippen LogP contribution in [-0.2, 0) is 4.79 Å². The lowest BCUT2D eigenvalue weighted by atomic mass is 10.2. The summed E-state index contributed by atoms with van der Waals surface area (Å²) in [5.74, 6) is 1.24. The second-order valence-corrected chi connectivity index (χ2v) is 5.55. The Bertz CT molecular complexity index is 702. The zero-order chi connectivity index (χ0) is 15.5. The molecular weight excluding hydrogens is 302 g/mol. The van der Waals surface area contributed by atoms with E-state index in [9.17, 15) is 4.79 Å². The molecule has 0 saturated carbocycles. The van der Waals surface area contributed by atoms with E-state index in [0.717, 1.165) is 5.56 Å². The van der Waals surface area contributed by atoms with Gasteiger partial charge < -0.3 is 14.4 Å². The summed E-state index contributed by atoms with van der Waals surface area (Å²) in [6.07, 6.45) is 0. The first kappa shape index (κ1) is 14.7. The van der Waals surface area contributed by atoms with Gasteiger partial charge in [-0.25, -0.2) is 0 Å². The summed E-state index contributed by atoms with van der Waals surface area (Å²) in [7, 11) is 0. The molecule has 5 heteroatoms.